The fraction of sp³-hybridized carbons (Fsp3) is 0.700. The van der Waals surface area contributed by atoms with E-state index in [9.17, 15) is 14.4 Å². The van der Waals surface area contributed by atoms with E-state index >= 15 is 0 Å². The van der Waals surface area contributed by atoms with Gasteiger partial charge in [-0.3, -0.25) is 0 Å². The molecule has 0 amide bonds. The van der Waals surface area contributed by atoms with Gasteiger partial charge in [0.2, 0.25) is 0 Å². The van der Waals surface area contributed by atoms with Crippen molar-refractivity contribution in [2.24, 2.45) is 0 Å². The van der Waals surface area contributed by atoms with Gasteiger partial charge in [-0.05, 0) is 0 Å². The molecule has 6 heteroatoms. The van der Waals surface area contributed by atoms with Crippen LogP contribution in [0.2, 0.25) is 9.63 Å². The predicted molar refractivity (Wildman–Crippen MR) is 56.6 cm³/mol. The Kier molecular flexibility index (Phi) is 4.96. The molecule has 16 heavy (non-hydrogen) atoms. The fourth-order valence-electron chi connectivity index (χ4n) is 1.69. The number of aliphatic carboxylic acids is 2. The molecule has 1 rings (SSSR count). The van der Waals surface area contributed by atoms with Crippen LogP contribution in [0.5, 0.6) is 0 Å². The molecule has 2 unspecified atom stereocenters. The van der Waals surface area contributed by atoms with Crippen LogP contribution in [-0.2, 0) is 14.4 Å². The topological polar surface area (TPSA) is 91.7 Å². The standard InChI is InChI=1S/C10H14O5Se/c11-6-2-1-3-7(4-6)16-8(10(14)15)5-9(12)13/h7-8H,1-5H2,(H,12,13)(H,14,15). The Labute approximate surface area is 99.4 Å². The minimum absolute atomic E-state index is 0.106. The molecule has 5 nitrogen and oxygen atoms in total. The van der Waals surface area contributed by atoms with Crippen LogP contribution in [0.3, 0.4) is 0 Å². The molecule has 0 saturated heterocycles. The number of Topliss-reactive ketones (excluding diaryl/α,β-unsaturated/α-hetero) is 1. The van der Waals surface area contributed by atoms with E-state index in [0.29, 0.717) is 12.8 Å². The Morgan fingerprint density at radius 2 is 2.12 bits per heavy atom. The van der Waals surface area contributed by atoms with Gasteiger partial charge in [0.1, 0.15) is 0 Å². The van der Waals surface area contributed by atoms with E-state index in [1.54, 1.807) is 0 Å². The Morgan fingerprint density at radius 1 is 1.44 bits per heavy atom. The Bertz CT molecular complexity index is 302. The van der Waals surface area contributed by atoms with Gasteiger partial charge in [-0.1, -0.05) is 0 Å². The van der Waals surface area contributed by atoms with Crippen molar-refractivity contribution in [1.29, 1.82) is 0 Å². The summed E-state index contributed by atoms with van der Waals surface area (Å²) in [7, 11) is 0. The van der Waals surface area contributed by atoms with Gasteiger partial charge >= 0.3 is 99.0 Å². The molecule has 0 bridgehead atoms. The van der Waals surface area contributed by atoms with E-state index in [4.69, 9.17) is 10.2 Å². The van der Waals surface area contributed by atoms with E-state index in [0.717, 1.165) is 12.8 Å². The third kappa shape index (κ3) is 4.33. The summed E-state index contributed by atoms with van der Waals surface area (Å²) in [5.74, 6) is -1.96. The van der Waals surface area contributed by atoms with Gasteiger partial charge in [-0.25, -0.2) is 0 Å². The van der Waals surface area contributed by atoms with E-state index in [2.05, 4.69) is 0 Å². The van der Waals surface area contributed by atoms with Crippen LogP contribution in [0, 0.1) is 0 Å². The number of hydrogen-bond donors (Lipinski definition) is 2. The summed E-state index contributed by atoms with van der Waals surface area (Å²) >= 11 is -0.305. The maximum absolute atomic E-state index is 11.2. The van der Waals surface area contributed by atoms with Crippen LogP contribution in [0.1, 0.15) is 32.1 Å². The van der Waals surface area contributed by atoms with Gasteiger partial charge in [0.15, 0.2) is 0 Å². The van der Waals surface area contributed by atoms with Crippen LogP contribution in [-0.4, -0.2) is 42.9 Å². The zero-order valence-corrected chi connectivity index (χ0v) is 10.4. The van der Waals surface area contributed by atoms with Crippen molar-refractivity contribution in [1.82, 2.24) is 0 Å². The minimum atomic E-state index is -1.09. The van der Waals surface area contributed by atoms with E-state index < -0.39 is 16.8 Å². The Balaban J connectivity index is 2.50. The molecule has 1 fully saturated rings. The Morgan fingerprint density at radius 3 is 2.62 bits per heavy atom. The zero-order valence-electron chi connectivity index (χ0n) is 8.72. The molecule has 0 radical (unpaired) electrons. The first kappa shape index (κ1) is 13.2. The fourth-order valence-corrected chi connectivity index (χ4v) is 4.63. The molecule has 0 heterocycles. The molecule has 2 atom stereocenters. The third-order valence-corrected chi connectivity index (χ3v) is 5.54. The molecule has 0 aliphatic heterocycles. The second-order valence-corrected chi connectivity index (χ2v) is 6.98. The number of hydrogen-bond acceptors (Lipinski definition) is 3. The number of rotatable bonds is 5. The second-order valence-electron chi connectivity index (χ2n) is 3.82. The molecule has 0 spiro atoms. The molecule has 1 saturated carbocycles. The van der Waals surface area contributed by atoms with Gasteiger partial charge < -0.3 is 0 Å². The summed E-state index contributed by atoms with van der Waals surface area (Å²) in [6.07, 6.45) is 2.35. The summed E-state index contributed by atoms with van der Waals surface area (Å²) < 4.78 is 0. The van der Waals surface area contributed by atoms with Crippen molar-refractivity contribution in [2.45, 2.75) is 41.7 Å². The molecular formula is C10H14O5Se. The van der Waals surface area contributed by atoms with Crippen molar-refractivity contribution in [3.63, 3.8) is 0 Å². The summed E-state index contributed by atoms with van der Waals surface area (Å²) in [4.78, 5) is 31.9. The van der Waals surface area contributed by atoms with Crippen molar-refractivity contribution in [3.05, 3.63) is 0 Å². The van der Waals surface area contributed by atoms with Gasteiger partial charge in [0.25, 0.3) is 0 Å². The predicted octanol–water partition coefficient (Wildman–Crippen LogP) is 0.970. The average molecular weight is 293 g/mol. The Hall–Kier alpha value is -0.871. The van der Waals surface area contributed by atoms with Gasteiger partial charge in [-0.15, -0.1) is 0 Å². The monoisotopic (exact) mass is 294 g/mol. The van der Waals surface area contributed by atoms with Crippen LogP contribution in [0.15, 0.2) is 0 Å². The van der Waals surface area contributed by atoms with Crippen molar-refractivity contribution in [2.75, 3.05) is 0 Å². The molecule has 90 valence electrons. The van der Waals surface area contributed by atoms with Crippen LogP contribution >= 0.6 is 0 Å². The molecular weight excluding hydrogens is 279 g/mol. The molecule has 1 aliphatic carbocycles. The van der Waals surface area contributed by atoms with Crippen LogP contribution in [0.4, 0.5) is 0 Å². The molecule has 0 aromatic carbocycles. The van der Waals surface area contributed by atoms with Gasteiger partial charge in [0.05, 0.1) is 0 Å². The number of carbonyl (C=O) groups is 3. The first-order chi connectivity index (χ1) is 7.49. The molecule has 1 aliphatic rings. The van der Waals surface area contributed by atoms with E-state index in [-0.39, 0.29) is 32.0 Å². The first-order valence-corrected chi connectivity index (χ1v) is 7.08. The number of carbonyl (C=O) groups excluding carboxylic acids is 1. The molecule has 0 aromatic rings. The summed E-state index contributed by atoms with van der Waals surface area (Å²) in [5, 5.41) is 17.5. The number of ketones is 1. The number of carboxylic acid groups (broad SMARTS) is 2. The second kappa shape index (κ2) is 6.01. The van der Waals surface area contributed by atoms with Crippen molar-refractivity contribution >= 4 is 32.7 Å². The van der Waals surface area contributed by atoms with E-state index in [1.165, 1.54) is 0 Å². The van der Waals surface area contributed by atoms with Crippen LogP contribution < -0.4 is 0 Å². The maximum atomic E-state index is 11.2. The summed E-state index contributed by atoms with van der Waals surface area (Å²) in [5.41, 5.74) is 0. The van der Waals surface area contributed by atoms with E-state index in [1.807, 2.05) is 0 Å². The third-order valence-electron chi connectivity index (χ3n) is 2.43. The zero-order chi connectivity index (χ0) is 12.1. The summed E-state index contributed by atoms with van der Waals surface area (Å²) in [6.45, 7) is 0. The van der Waals surface area contributed by atoms with Gasteiger partial charge in [0, 0.05) is 0 Å². The number of carboxylic acids is 2. The van der Waals surface area contributed by atoms with Crippen molar-refractivity contribution < 1.29 is 24.6 Å². The summed E-state index contributed by atoms with van der Waals surface area (Å²) in [6, 6.07) is 0. The molecule has 2 N–H and O–H groups in total. The SMILES string of the molecule is O=C(O)CC([Se]C1CCCC(=O)C1)C(=O)O. The first-order valence-electron chi connectivity index (χ1n) is 5.11. The quantitative estimate of drug-likeness (QED) is 0.737. The van der Waals surface area contributed by atoms with Gasteiger partial charge in [-0.2, -0.15) is 0 Å². The van der Waals surface area contributed by atoms with Crippen LogP contribution in [0.25, 0.3) is 0 Å². The van der Waals surface area contributed by atoms with Crippen molar-refractivity contribution in [3.8, 4) is 0 Å². The average Bonchev–Trinajstić information content (AvgIpc) is 2.15. The molecule has 0 aromatic heterocycles. The normalized spacial score (nSPS) is 22.8.